The van der Waals surface area contributed by atoms with Gasteiger partial charge in [-0.05, 0) is 61.7 Å². The van der Waals surface area contributed by atoms with Gasteiger partial charge < -0.3 is 14.5 Å². The smallest absolute Gasteiger partial charge is 0.161 e. The zero-order chi connectivity index (χ0) is 20.6. The van der Waals surface area contributed by atoms with Crippen LogP contribution in [0.25, 0.3) is 22.4 Å². The van der Waals surface area contributed by atoms with Crippen LogP contribution in [0.1, 0.15) is 63.0 Å². The molecule has 0 fully saturated rings. The van der Waals surface area contributed by atoms with Crippen LogP contribution in [-0.2, 0) is 0 Å². The van der Waals surface area contributed by atoms with E-state index in [1.54, 1.807) is 7.11 Å². The molecular formula is C25H34N2O2. The summed E-state index contributed by atoms with van der Waals surface area (Å²) in [4.78, 5) is 8.18. The van der Waals surface area contributed by atoms with E-state index >= 15 is 0 Å². The molecule has 0 aliphatic rings. The normalized spacial score (nSPS) is 11.2. The molecule has 29 heavy (non-hydrogen) atoms. The third kappa shape index (κ3) is 5.53. The van der Waals surface area contributed by atoms with Gasteiger partial charge in [0.2, 0.25) is 0 Å². The maximum atomic E-state index is 5.98. The Morgan fingerprint density at radius 1 is 0.862 bits per heavy atom. The van der Waals surface area contributed by atoms with Gasteiger partial charge in [0.25, 0.3) is 0 Å². The molecule has 156 valence electrons. The molecule has 3 aromatic rings. The molecule has 3 rings (SSSR count). The van der Waals surface area contributed by atoms with Gasteiger partial charge in [-0.2, -0.15) is 0 Å². The molecule has 0 bridgehead atoms. The van der Waals surface area contributed by atoms with Crippen molar-refractivity contribution in [2.24, 2.45) is 0 Å². The quantitative estimate of drug-likeness (QED) is 0.357. The van der Waals surface area contributed by atoms with Crippen LogP contribution in [0, 0.1) is 13.8 Å². The number of ether oxygens (including phenoxy) is 2. The van der Waals surface area contributed by atoms with Crippen molar-refractivity contribution in [3.63, 3.8) is 0 Å². The Balaban J connectivity index is 1.61. The molecular weight excluding hydrogens is 360 g/mol. The number of imidazole rings is 1. The Kier molecular flexibility index (Phi) is 7.56. The number of methoxy groups -OCH3 is 1. The summed E-state index contributed by atoms with van der Waals surface area (Å²) < 4.78 is 11.6. The van der Waals surface area contributed by atoms with E-state index < -0.39 is 0 Å². The number of nitrogens with one attached hydrogen (secondary N) is 1. The van der Waals surface area contributed by atoms with Gasteiger partial charge in [0.1, 0.15) is 5.82 Å². The Morgan fingerprint density at radius 3 is 2.34 bits per heavy atom. The van der Waals surface area contributed by atoms with Gasteiger partial charge in [0, 0.05) is 5.56 Å². The highest BCUT2D eigenvalue weighted by Gasteiger charge is 2.11. The lowest BCUT2D eigenvalue weighted by Crippen LogP contribution is -1.99. The van der Waals surface area contributed by atoms with Crippen molar-refractivity contribution >= 4 is 11.0 Å². The van der Waals surface area contributed by atoms with Crippen LogP contribution < -0.4 is 9.47 Å². The molecule has 0 radical (unpaired) electrons. The van der Waals surface area contributed by atoms with Crippen LogP contribution in [0.3, 0.4) is 0 Å². The van der Waals surface area contributed by atoms with Crippen LogP contribution in [0.5, 0.6) is 11.5 Å². The largest absolute Gasteiger partial charge is 0.493 e. The van der Waals surface area contributed by atoms with E-state index in [2.05, 4.69) is 37.9 Å². The summed E-state index contributed by atoms with van der Waals surface area (Å²) in [5.41, 5.74) is 5.56. The Morgan fingerprint density at radius 2 is 1.59 bits per heavy atom. The molecule has 1 aromatic heterocycles. The summed E-state index contributed by atoms with van der Waals surface area (Å²) >= 11 is 0. The lowest BCUT2D eigenvalue weighted by molar-refractivity contribution is 0.284. The summed E-state index contributed by atoms with van der Waals surface area (Å²) in [6, 6.07) is 10.3. The first-order chi connectivity index (χ1) is 14.1. The zero-order valence-corrected chi connectivity index (χ0v) is 18.3. The van der Waals surface area contributed by atoms with Crippen molar-refractivity contribution in [1.29, 1.82) is 0 Å². The molecule has 0 unspecified atom stereocenters. The van der Waals surface area contributed by atoms with Gasteiger partial charge >= 0.3 is 0 Å². The summed E-state index contributed by atoms with van der Waals surface area (Å²) in [6.45, 7) is 7.22. The molecule has 4 heteroatoms. The average Bonchev–Trinajstić information content (AvgIpc) is 3.13. The lowest BCUT2D eigenvalue weighted by Gasteiger charge is -2.11. The van der Waals surface area contributed by atoms with Gasteiger partial charge in [0.05, 0.1) is 24.8 Å². The number of fused-ring (bicyclic) bond motifs is 1. The standard InChI is InChI=1S/C25H34N2O2/c1-5-6-7-8-9-10-11-14-29-23-13-12-20(17-24(23)28-4)25-26-21-15-18(2)19(3)16-22(21)27-25/h12-13,15-17H,5-11,14H2,1-4H3,(H,26,27). The number of aryl methyl sites for hydroxylation is 2. The van der Waals surface area contributed by atoms with Gasteiger partial charge in [-0.25, -0.2) is 4.98 Å². The highest BCUT2D eigenvalue weighted by atomic mass is 16.5. The van der Waals surface area contributed by atoms with E-state index in [-0.39, 0.29) is 0 Å². The number of benzene rings is 2. The number of aromatic amines is 1. The van der Waals surface area contributed by atoms with Gasteiger partial charge in [-0.15, -0.1) is 0 Å². The van der Waals surface area contributed by atoms with Crippen LogP contribution in [-0.4, -0.2) is 23.7 Å². The minimum absolute atomic E-state index is 0.729. The Bertz CT molecular complexity index is 891. The van der Waals surface area contributed by atoms with Crippen LogP contribution in [0.15, 0.2) is 30.3 Å². The predicted molar refractivity (Wildman–Crippen MR) is 121 cm³/mol. The monoisotopic (exact) mass is 394 g/mol. The number of hydrogen-bond donors (Lipinski definition) is 1. The summed E-state index contributed by atoms with van der Waals surface area (Å²) in [7, 11) is 1.69. The highest BCUT2D eigenvalue weighted by Crippen LogP contribution is 2.32. The molecule has 4 nitrogen and oxygen atoms in total. The topological polar surface area (TPSA) is 47.1 Å². The third-order valence-corrected chi connectivity index (χ3v) is 5.54. The Labute approximate surface area is 174 Å². The van der Waals surface area contributed by atoms with E-state index in [1.807, 2.05) is 18.2 Å². The fourth-order valence-corrected chi connectivity index (χ4v) is 3.58. The fraction of sp³-hybridized carbons (Fsp3) is 0.480. The lowest BCUT2D eigenvalue weighted by atomic mass is 10.1. The number of nitrogens with zero attached hydrogens (tertiary/aromatic N) is 1. The number of hydrogen-bond acceptors (Lipinski definition) is 3. The minimum Gasteiger partial charge on any atom is -0.493 e. The van der Waals surface area contributed by atoms with E-state index in [4.69, 9.17) is 14.5 Å². The van der Waals surface area contributed by atoms with Crippen LogP contribution >= 0.6 is 0 Å². The van der Waals surface area contributed by atoms with Crippen LogP contribution in [0.4, 0.5) is 0 Å². The first-order valence-corrected chi connectivity index (χ1v) is 10.9. The molecule has 0 atom stereocenters. The molecule has 1 heterocycles. The maximum absolute atomic E-state index is 5.98. The number of unbranched alkanes of at least 4 members (excludes halogenated alkanes) is 6. The zero-order valence-electron chi connectivity index (χ0n) is 18.3. The van der Waals surface area contributed by atoms with E-state index in [1.165, 1.54) is 49.7 Å². The van der Waals surface area contributed by atoms with Crippen molar-refractivity contribution in [3.05, 3.63) is 41.5 Å². The number of aromatic nitrogens is 2. The van der Waals surface area contributed by atoms with Crippen molar-refractivity contribution in [1.82, 2.24) is 9.97 Å². The van der Waals surface area contributed by atoms with Crippen molar-refractivity contribution in [3.8, 4) is 22.9 Å². The van der Waals surface area contributed by atoms with E-state index in [0.29, 0.717) is 0 Å². The molecule has 0 saturated carbocycles. The highest BCUT2D eigenvalue weighted by molar-refractivity contribution is 5.81. The fourth-order valence-electron chi connectivity index (χ4n) is 3.58. The molecule has 0 amide bonds. The second kappa shape index (κ2) is 10.3. The van der Waals surface area contributed by atoms with Gasteiger partial charge in [-0.3, -0.25) is 0 Å². The third-order valence-electron chi connectivity index (χ3n) is 5.54. The second-order valence-corrected chi connectivity index (χ2v) is 7.87. The molecule has 0 spiro atoms. The predicted octanol–water partition coefficient (Wildman–Crippen LogP) is 6.98. The molecule has 0 aliphatic heterocycles. The van der Waals surface area contributed by atoms with Crippen molar-refractivity contribution < 1.29 is 9.47 Å². The van der Waals surface area contributed by atoms with Crippen LogP contribution in [0.2, 0.25) is 0 Å². The molecule has 2 aromatic carbocycles. The van der Waals surface area contributed by atoms with E-state index in [0.717, 1.165) is 46.9 Å². The summed E-state index contributed by atoms with van der Waals surface area (Å²) in [5.74, 6) is 2.39. The van der Waals surface area contributed by atoms with Gasteiger partial charge in [0.15, 0.2) is 11.5 Å². The number of rotatable bonds is 11. The maximum Gasteiger partial charge on any atom is 0.161 e. The molecule has 1 N–H and O–H groups in total. The van der Waals surface area contributed by atoms with Gasteiger partial charge in [-0.1, -0.05) is 45.4 Å². The summed E-state index contributed by atoms with van der Waals surface area (Å²) in [6.07, 6.45) is 8.94. The minimum atomic E-state index is 0.729. The first-order valence-electron chi connectivity index (χ1n) is 10.9. The molecule has 0 saturated heterocycles. The average molecular weight is 395 g/mol. The first kappa shape index (κ1) is 21.2. The summed E-state index contributed by atoms with van der Waals surface area (Å²) in [5, 5.41) is 0. The number of H-pyrrole nitrogens is 1. The molecule has 0 aliphatic carbocycles. The van der Waals surface area contributed by atoms with Crippen molar-refractivity contribution in [2.45, 2.75) is 65.7 Å². The Hall–Kier alpha value is -2.49. The SMILES string of the molecule is CCCCCCCCCOc1ccc(-c2nc3cc(C)c(C)cc3[nH]2)cc1OC. The second-order valence-electron chi connectivity index (χ2n) is 7.87. The van der Waals surface area contributed by atoms with E-state index in [9.17, 15) is 0 Å². The van der Waals surface area contributed by atoms with Crippen molar-refractivity contribution in [2.75, 3.05) is 13.7 Å².